The van der Waals surface area contributed by atoms with Crippen molar-refractivity contribution < 1.29 is 17.8 Å². The van der Waals surface area contributed by atoms with Crippen LogP contribution in [0.15, 0.2) is 0 Å². The van der Waals surface area contributed by atoms with E-state index in [2.05, 4.69) is 23.4 Å². The quantitative estimate of drug-likeness (QED) is 0.601. The first-order valence-electron chi connectivity index (χ1n) is 9.19. The summed E-state index contributed by atoms with van der Waals surface area (Å²) in [5.41, 5.74) is -0.278. The van der Waals surface area contributed by atoms with Gasteiger partial charge in [-0.15, -0.1) is 24.7 Å². The van der Waals surface area contributed by atoms with Crippen molar-refractivity contribution in [2.75, 3.05) is 26.8 Å². The van der Waals surface area contributed by atoms with Crippen LogP contribution >= 0.6 is 12.3 Å². The minimum Gasteiger partial charge on any atom is -0.400 e. The van der Waals surface area contributed by atoms with Gasteiger partial charge in [-0.3, -0.25) is 4.79 Å². The molecule has 4 nitrogen and oxygen atoms in total. The zero-order valence-electron chi connectivity index (χ0n) is 17.2. The third-order valence-corrected chi connectivity index (χ3v) is 3.47. The van der Waals surface area contributed by atoms with E-state index in [1.165, 1.54) is 14.5 Å². The monoisotopic (exact) mass is 329 g/mol. The molecular weight excluding hydrogens is 290 g/mol. The van der Waals surface area contributed by atoms with E-state index in [1.54, 1.807) is 0 Å². The number of amides is 1. The number of unbranched alkanes of at least 4 members (excludes halogenated alkanes) is 2. The van der Waals surface area contributed by atoms with Gasteiger partial charge in [0, 0.05) is 42.4 Å². The molecule has 0 unspecified atom stereocenters. The Labute approximate surface area is 141 Å². The number of rotatable bonds is 5. The zero-order chi connectivity index (χ0) is 20.1. The van der Waals surface area contributed by atoms with E-state index in [1.807, 2.05) is 4.90 Å². The number of terminal acetylenes is 1. The topological polar surface area (TPSA) is 60.8 Å². The van der Waals surface area contributed by atoms with Gasteiger partial charge in [-0.05, 0) is 31.1 Å². The molecule has 2 N–H and O–H groups in total. The Balaban J connectivity index is -0.000000605. The Morgan fingerprint density at radius 1 is 1.57 bits per heavy atom. The summed E-state index contributed by atoms with van der Waals surface area (Å²) in [4.78, 5) is 13.8. The predicted molar refractivity (Wildman–Crippen MR) is 90.4 cm³/mol. The molecule has 1 rings (SSSR count). The molecular formula is C16H32ClNO3. The maximum Gasteiger partial charge on any atom is 0.222 e. The lowest BCUT2D eigenvalue weighted by Crippen LogP contribution is -2.43. The molecule has 0 radical (unpaired) electrons. The molecule has 0 atom stereocenters. The maximum absolute atomic E-state index is 11.9. The van der Waals surface area contributed by atoms with Crippen LogP contribution in [0.25, 0.3) is 0 Å². The second-order valence-electron chi connectivity index (χ2n) is 4.95. The van der Waals surface area contributed by atoms with Crippen molar-refractivity contribution in [3.05, 3.63) is 0 Å². The summed E-state index contributed by atoms with van der Waals surface area (Å²) in [7, 11) is 2.54. The molecule has 0 saturated carbocycles. The molecule has 0 spiro atoms. The van der Waals surface area contributed by atoms with E-state index < -0.39 is 0 Å². The Kier molecular flexibility index (Phi) is 11.2. The van der Waals surface area contributed by atoms with Crippen LogP contribution < -0.4 is 0 Å². The number of aliphatic hydroxyl groups is 2. The van der Waals surface area contributed by atoms with Crippen LogP contribution in [0.1, 0.15) is 55.6 Å². The van der Waals surface area contributed by atoms with E-state index in [9.17, 15) is 9.90 Å². The number of halogens is 1. The number of nitrogens with zero attached hydrogens (tertiary/aromatic N) is 1. The highest BCUT2D eigenvalue weighted by molar-refractivity contribution is 5.85. The van der Waals surface area contributed by atoms with Gasteiger partial charge >= 0.3 is 0 Å². The zero-order valence-corrected chi connectivity index (χ0v) is 14.0. The van der Waals surface area contributed by atoms with Crippen LogP contribution in [-0.4, -0.2) is 50.4 Å². The first kappa shape index (κ1) is 16.6. The van der Waals surface area contributed by atoms with Crippen LogP contribution in [0.5, 0.6) is 0 Å². The predicted octanol–water partition coefficient (Wildman–Crippen LogP) is 2.47. The molecule has 1 fully saturated rings. The molecule has 1 aliphatic rings. The summed E-state index contributed by atoms with van der Waals surface area (Å²) >= 11 is 3.89. The van der Waals surface area contributed by atoms with Gasteiger partial charge in [-0.25, -0.2) is 0 Å². The van der Waals surface area contributed by atoms with Crippen molar-refractivity contribution in [2.24, 2.45) is 5.41 Å². The third-order valence-electron chi connectivity index (χ3n) is 3.47. The molecule has 1 saturated heterocycles. The molecule has 5 heteroatoms. The van der Waals surface area contributed by atoms with Gasteiger partial charge in [0.05, 0.1) is 0 Å². The smallest absolute Gasteiger partial charge is 0.222 e. The second-order valence-corrected chi connectivity index (χ2v) is 4.95. The lowest BCUT2D eigenvalue weighted by molar-refractivity contribution is -0.133. The van der Waals surface area contributed by atoms with E-state index >= 15 is 0 Å². The molecule has 0 aromatic rings. The summed E-state index contributed by atoms with van der Waals surface area (Å²) in [5, 5.41) is 12.8. The molecule has 1 amide bonds. The highest BCUT2D eigenvalue weighted by Gasteiger charge is 2.30. The Bertz CT molecular complexity index is 330. The summed E-state index contributed by atoms with van der Waals surface area (Å²) in [6.07, 6.45) is 9.70. The van der Waals surface area contributed by atoms with Crippen LogP contribution in [-0.2, 0) is 4.79 Å². The average Bonchev–Trinajstić information content (AvgIpc) is 2.69. The van der Waals surface area contributed by atoms with Crippen molar-refractivity contribution in [1.29, 1.82) is 2.60 Å². The SMILES string of the molecule is [3H]C.[3H]CC1(CO)CCN(C(=O)CCCCC#C)CC1.[3H]Cl.[3H]OC. The Hall–Kier alpha value is -0.760. The van der Waals surface area contributed by atoms with Crippen molar-refractivity contribution in [2.45, 2.75) is 52.8 Å². The minimum atomic E-state index is -0.278. The third kappa shape index (κ3) is 9.73. The van der Waals surface area contributed by atoms with Gasteiger partial charge in [0.1, 0.15) is 1.17 Å². The standard InChI is InChI=1S/C14H23NO2.CH4O.CH4.ClH/c1-3-4-5-6-7-13(17)15-10-8-14(2,12-16)9-11-15;1-2;;/h1,16H,4-12H2,2H3;2H,1H3;1H4;1H/i2*2T;1T;/hT. The van der Waals surface area contributed by atoms with Crippen molar-refractivity contribution in [1.82, 2.24) is 4.90 Å². The molecule has 0 aromatic carbocycles. The molecule has 0 bridgehead atoms. The Morgan fingerprint density at radius 3 is 2.57 bits per heavy atom. The average molecular weight is 330 g/mol. The Morgan fingerprint density at radius 2 is 2.14 bits per heavy atom. The largest absolute Gasteiger partial charge is 0.400 e. The van der Waals surface area contributed by atoms with Crippen molar-refractivity contribution >= 4 is 18.2 Å². The molecule has 0 aliphatic carbocycles. The number of piperidine rings is 1. The van der Waals surface area contributed by atoms with Gasteiger partial charge in [0.15, 0.2) is 0 Å². The summed E-state index contributed by atoms with van der Waals surface area (Å²) < 4.78 is 24.2. The maximum atomic E-state index is 11.9. The highest BCUT2D eigenvalue weighted by atomic mass is 35.5. The first-order valence-corrected chi connectivity index (χ1v) is 6.69. The number of carbonyl (C=O) groups excluding carboxylic acids is 1. The van der Waals surface area contributed by atoms with Crippen molar-refractivity contribution in [3.8, 4) is 12.3 Å². The summed E-state index contributed by atoms with van der Waals surface area (Å²) in [5.74, 6) is 2.76. The molecule has 126 valence electrons. The molecule has 1 heterocycles. The highest BCUT2D eigenvalue weighted by Crippen LogP contribution is 2.30. The lowest BCUT2D eigenvalue weighted by atomic mass is 9.81. The first-order chi connectivity index (χ1) is 12.1. The van der Waals surface area contributed by atoms with Crippen molar-refractivity contribution in [3.63, 3.8) is 0 Å². The molecule has 0 aromatic heterocycles. The normalized spacial score (nSPS) is 17.4. The van der Waals surface area contributed by atoms with E-state index in [-0.39, 0.29) is 24.8 Å². The van der Waals surface area contributed by atoms with Crippen LogP contribution in [0.4, 0.5) is 0 Å². The van der Waals surface area contributed by atoms with Gasteiger partial charge in [0.2, 0.25) is 7.34 Å². The number of hydrogen-bond acceptors (Lipinski definition) is 3. The lowest BCUT2D eigenvalue weighted by Gasteiger charge is -2.38. The van der Waals surface area contributed by atoms with Gasteiger partial charge in [-0.2, -0.15) is 0 Å². The fraction of sp³-hybridized carbons (Fsp3) is 0.812. The van der Waals surface area contributed by atoms with Gasteiger partial charge in [0.25, 0.3) is 0 Å². The summed E-state index contributed by atoms with van der Waals surface area (Å²) in [6.45, 7) is 1.65. The molecule has 21 heavy (non-hydrogen) atoms. The fourth-order valence-electron chi connectivity index (χ4n) is 2.05. The second kappa shape index (κ2) is 14.2. The van der Waals surface area contributed by atoms with E-state index in [0.29, 0.717) is 19.5 Å². The number of hydrogen-bond donors (Lipinski definition) is 2. The molecule has 1 aliphatic heterocycles. The van der Waals surface area contributed by atoms with E-state index in [4.69, 9.17) is 11.8 Å². The van der Waals surface area contributed by atoms with Crippen LogP contribution in [0.2, 0.25) is 0 Å². The number of carbonyl (C=O) groups is 1. The fourth-order valence-corrected chi connectivity index (χ4v) is 2.05. The van der Waals surface area contributed by atoms with E-state index in [0.717, 1.165) is 32.1 Å². The van der Waals surface area contributed by atoms with Crippen LogP contribution in [0, 0.1) is 17.8 Å². The van der Waals surface area contributed by atoms with Crippen LogP contribution in [0.3, 0.4) is 0 Å². The number of likely N-dealkylation sites (tertiary alicyclic amines) is 1. The summed E-state index contributed by atoms with van der Waals surface area (Å²) in [6, 6.07) is 0. The number of aliphatic hydroxyl groups excluding tert-OH is 2. The minimum absolute atomic E-state index is 0.0562. The van der Waals surface area contributed by atoms with Gasteiger partial charge < -0.3 is 15.1 Å². The van der Waals surface area contributed by atoms with Gasteiger partial charge in [-0.1, -0.05) is 14.3 Å².